The molecule has 5 nitrogen and oxygen atoms in total. The van der Waals surface area contributed by atoms with Gasteiger partial charge in [0.05, 0.1) is 6.42 Å². The fourth-order valence-corrected chi connectivity index (χ4v) is 3.03. The van der Waals surface area contributed by atoms with E-state index in [9.17, 15) is 14.0 Å². The molecule has 0 unspecified atom stereocenters. The minimum atomic E-state index is -0.336. The highest BCUT2D eigenvalue weighted by molar-refractivity contribution is 5.98. The number of aromatic amines is 1. The van der Waals surface area contributed by atoms with Gasteiger partial charge in [-0.1, -0.05) is 6.07 Å². The Labute approximate surface area is 150 Å². The van der Waals surface area contributed by atoms with Crippen molar-refractivity contribution in [2.75, 3.05) is 10.6 Å². The zero-order chi connectivity index (χ0) is 18.8. The molecule has 0 fully saturated rings. The van der Waals surface area contributed by atoms with Crippen molar-refractivity contribution in [3.05, 3.63) is 59.0 Å². The summed E-state index contributed by atoms with van der Waals surface area (Å²) in [6, 6.07) is 9.81. The van der Waals surface area contributed by atoms with Crippen LogP contribution in [0.15, 0.2) is 36.4 Å². The molecular weight excluding hydrogens is 333 g/mol. The Morgan fingerprint density at radius 2 is 1.77 bits per heavy atom. The van der Waals surface area contributed by atoms with Gasteiger partial charge in [0.1, 0.15) is 5.82 Å². The van der Waals surface area contributed by atoms with Crippen LogP contribution in [0.5, 0.6) is 0 Å². The van der Waals surface area contributed by atoms with Crippen molar-refractivity contribution in [2.45, 2.75) is 27.2 Å². The van der Waals surface area contributed by atoms with Gasteiger partial charge >= 0.3 is 0 Å². The second kappa shape index (κ2) is 7.00. The molecule has 0 aliphatic carbocycles. The molecule has 0 aliphatic heterocycles. The zero-order valence-electron chi connectivity index (χ0n) is 14.9. The molecule has 0 aliphatic rings. The number of hydrogen-bond donors (Lipinski definition) is 3. The first-order valence-electron chi connectivity index (χ1n) is 8.29. The van der Waals surface area contributed by atoms with E-state index in [1.165, 1.54) is 19.1 Å². The van der Waals surface area contributed by atoms with Crippen LogP contribution < -0.4 is 10.6 Å². The first-order valence-corrected chi connectivity index (χ1v) is 8.29. The molecule has 1 heterocycles. The van der Waals surface area contributed by atoms with Crippen molar-refractivity contribution in [3.8, 4) is 0 Å². The number of benzene rings is 2. The highest BCUT2D eigenvalue weighted by atomic mass is 19.1. The third-order valence-electron chi connectivity index (χ3n) is 4.34. The van der Waals surface area contributed by atoms with Crippen molar-refractivity contribution < 1.29 is 14.0 Å². The van der Waals surface area contributed by atoms with Crippen LogP contribution in [0.4, 0.5) is 15.8 Å². The molecule has 134 valence electrons. The van der Waals surface area contributed by atoms with Gasteiger partial charge in [-0.05, 0) is 55.3 Å². The lowest BCUT2D eigenvalue weighted by atomic mass is 10.1. The standard InChI is InChI=1S/C20H20FN3O2/c1-11-17(23-13(3)25)5-4-6-18(11)24-20(26)10-15-12(2)22-19-8-7-14(21)9-16(15)19/h4-9,22H,10H2,1-3H3,(H,23,25)(H,24,26). The SMILES string of the molecule is CC(=O)Nc1cccc(NC(=O)Cc2c(C)[nH]c3ccc(F)cc23)c1C. The minimum absolute atomic E-state index is 0.124. The summed E-state index contributed by atoms with van der Waals surface area (Å²) in [4.78, 5) is 27.0. The Kier molecular flexibility index (Phi) is 4.75. The van der Waals surface area contributed by atoms with Gasteiger partial charge in [-0.15, -0.1) is 0 Å². The predicted molar refractivity (Wildman–Crippen MR) is 101 cm³/mol. The molecule has 3 aromatic rings. The van der Waals surface area contributed by atoms with Gasteiger partial charge in [0.15, 0.2) is 0 Å². The molecule has 0 atom stereocenters. The van der Waals surface area contributed by atoms with E-state index in [0.29, 0.717) is 16.8 Å². The van der Waals surface area contributed by atoms with E-state index >= 15 is 0 Å². The number of carbonyl (C=O) groups excluding carboxylic acids is 2. The van der Waals surface area contributed by atoms with Crippen LogP contribution in [0.2, 0.25) is 0 Å². The first kappa shape index (κ1) is 17.7. The molecule has 0 saturated carbocycles. The maximum absolute atomic E-state index is 13.6. The molecule has 3 N–H and O–H groups in total. The Morgan fingerprint density at radius 1 is 1.08 bits per heavy atom. The number of nitrogens with one attached hydrogen (secondary N) is 3. The summed E-state index contributed by atoms with van der Waals surface area (Å²) < 4.78 is 13.6. The van der Waals surface area contributed by atoms with Gasteiger partial charge in [0.25, 0.3) is 0 Å². The lowest BCUT2D eigenvalue weighted by molar-refractivity contribution is -0.115. The van der Waals surface area contributed by atoms with Crippen molar-refractivity contribution in [2.24, 2.45) is 0 Å². The van der Waals surface area contributed by atoms with Crippen LogP contribution in [0, 0.1) is 19.7 Å². The fraction of sp³-hybridized carbons (Fsp3) is 0.200. The molecule has 1 aromatic heterocycles. The van der Waals surface area contributed by atoms with Crippen molar-refractivity contribution in [3.63, 3.8) is 0 Å². The van der Waals surface area contributed by atoms with Crippen LogP contribution in [0.25, 0.3) is 10.9 Å². The Morgan fingerprint density at radius 3 is 2.46 bits per heavy atom. The molecule has 0 bridgehead atoms. The molecule has 2 aromatic carbocycles. The summed E-state index contributed by atoms with van der Waals surface area (Å²) in [6.07, 6.45) is 0.124. The van der Waals surface area contributed by atoms with Crippen LogP contribution in [0.3, 0.4) is 0 Å². The Bertz CT molecular complexity index is 1010. The van der Waals surface area contributed by atoms with Gasteiger partial charge in [0, 0.05) is 34.9 Å². The lowest BCUT2D eigenvalue weighted by Gasteiger charge is -2.13. The summed E-state index contributed by atoms with van der Waals surface area (Å²) in [5.74, 6) is -0.716. The summed E-state index contributed by atoms with van der Waals surface area (Å²) in [6.45, 7) is 5.12. The Balaban J connectivity index is 1.83. The number of rotatable bonds is 4. The molecule has 0 saturated heterocycles. The highest BCUT2D eigenvalue weighted by Gasteiger charge is 2.14. The number of carbonyl (C=O) groups is 2. The van der Waals surface area contributed by atoms with E-state index < -0.39 is 0 Å². The van der Waals surface area contributed by atoms with Crippen LogP contribution in [-0.2, 0) is 16.0 Å². The normalized spacial score (nSPS) is 10.8. The van der Waals surface area contributed by atoms with Crippen molar-refractivity contribution in [1.29, 1.82) is 0 Å². The Hall–Kier alpha value is -3.15. The number of anilines is 2. The van der Waals surface area contributed by atoms with E-state index in [1.807, 2.05) is 13.8 Å². The van der Waals surface area contributed by atoms with Crippen LogP contribution >= 0.6 is 0 Å². The average molecular weight is 353 g/mol. The summed E-state index contributed by atoms with van der Waals surface area (Å²) in [5, 5.41) is 6.32. The van der Waals surface area contributed by atoms with Crippen LogP contribution in [0.1, 0.15) is 23.7 Å². The highest BCUT2D eigenvalue weighted by Crippen LogP contribution is 2.26. The summed E-state index contributed by atoms with van der Waals surface area (Å²) >= 11 is 0. The number of amides is 2. The average Bonchev–Trinajstić information content (AvgIpc) is 2.86. The van der Waals surface area contributed by atoms with Gasteiger partial charge in [-0.25, -0.2) is 4.39 Å². The topological polar surface area (TPSA) is 74.0 Å². The third kappa shape index (κ3) is 3.59. The van der Waals surface area contributed by atoms with E-state index in [4.69, 9.17) is 0 Å². The molecule has 0 radical (unpaired) electrons. The van der Waals surface area contributed by atoms with Crippen molar-refractivity contribution >= 4 is 34.1 Å². The predicted octanol–water partition coefficient (Wildman–Crippen LogP) is 4.06. The number of H-pyrrole nitrogens is 1. The molecule has 3 rings (SSSR count). The number of fused-ring (bicyclic) bond motifs is 1. The maximum Gasteiger partial charge on any atom is 0.228 e. The van der Waals surface area contributed by atoms with Gasteiger partial charge < -0.3 is 15.6 Å². The quantitative estimate of drug-likeness (QED) is 0.662. The number of hydrogen-bond acceptors (Lipinski definition) is 2. The third-order valence-corrected chi connectivity index (χ3v) is 4.34. The molecule has 2 amide bonds. The van der Waals surface area contributed by atoms with E-state index in [0.717, 1.165) is 22.3 Å². The zero-order valence-corrected chi connectivity index (χ0v) is 14.9. The van der Waals surface area contributed by atoms with E-state index in [-0.39, 0.29) is 24.1 Å². The van der Waals surface area contributed by atoms with E-state index in [2.05, 4.69) is 15.6 Å². The second-order valence-electron chi connectivity index (χ2n) is 6.30. The maximum atomic E-state index is 13.6. The molecule has 0 spiro atoms. The van der Waals surface area contributed by atoms with Gasteiger partial charge in [0.2, 0.25) is 11.8 Å². The lowest BCUT2D eigenvalue weighted by Crippen LogP contribution is -2.16. The first-order chi connectivity index (χ1) is 12.3. The summed E-state index contributed by atoms with van der Waals surface area (Å²) in [5.41, 5.74) is 4.47. The molecule has 26 heavy (non-hydrogen) atoms. The minimum Gasteiger partial charge on any atom is -0.358 e. The number of aromatic nitrogens is 1. The van der Waals surface area contributed by atoms with Crippen molar-refractivity contribution in [1.82, 2.24) is 4.98 Å². The van der Waals surface area contributed by atoms with E-state index in [1.54, 1.807) is 24.3 Å². The summed E-state index contributed by atoms with van der Waals surface area (Å²) in [7, 11) is 0. The molecular formula is C20H20FN3O2. The molecule has 6 heteroatoms. The number of halogens is 1. The largest absolute Gasteiger partial charge is 0.358 e. The second-order valence-corrected chi connectivity index (χ2v) is 6.30. The monoisotopic (exact) mass is 353 g/mol. The number of aryl methyl sites for hydroxylation is 1. The van der Waals surface area contributed by atoms with Gasteiger partial charge in [-0.3, -0.25) is 9.59 Å². The van der Waals surface area contributed by atoms with Gasteiger partial charge in [-0.2, -0.15) is 0 Å². The smallest absolute Gasteiger partial charge is 0.228 e. The van der Waals surface area contributed by atoms with Crippen LogP contribution in [-0.4, -0.2) is 16.8 Å². The fourth-order valence-electron chi connectivity index (χ4n) is 3.03.